The van der Waals surface area contributed by atoms with Gasteiger partial charge in [-0.2, -0.15) is 4.98 Å². The molecule has 0 fully saturated rings. The highest BCUT2D eigenvalue weighted by molar-refractivity contribution is 5.71. The molecule has 0 aliphatic heterocycles. The fourth-order valence-corrected chi connectivity index (χ4v) is 3.57. The average Bonchev–Trinajstić information content (AvgIpc) is 3.35. The third-order valence-corrected chi connectivity index (χ3v) is 5.25. The number of rotatable bonds is 9. The van der Waals surface area contributed by atoms with Crippen molar-refractivity contribution < 1.29 is 23.5 Å². The summed E-state index contributed by atoms with van der Waals surface area (Å²) < 4.78 is 21.3. The van der Waals surface area contributed by atoms with Crippen molar-refractivity contribution in [1.82, 2.24) is 10.1 Å². The average molecular weight is 444 g/mol. The number of esters is 1. The molecule has 0 saturated carbocycles. The highest BCUT2D eigenvalue weighted by Crippen LogP contribution is 2.32. The smallest absolute Gasteiger partial charge is 0.307 e. The van der Waals surface area contributed by atoms with E-state index in [9.17, 15) is 4.79 Å². The number of aromatic nitrogens is 2. The Labute approximate surface area is 191 Å². The van der Waals surface area contributed by atoms with E-state index in [1.165, 1.54) is 0 Å². The van der Waals surface area contributed by atoms with Crippen LogP contribution in [0.1, 0.15) is 29.4 Å². The van der Waals surface area contributed by atoms with Crippen molar-refractivity contribution in [3.63, 3.8) is 0 Å². The van der Waals surface area contributed by atoms with E-state index in [2.05, 4.69) is 10.1 Å². The van der Waals surface area contributed by atoms with Crippen molar-refractivity contribution in [2.45, 2.75) is 18.9 Å². The van der Waals surface area contributed by atoms with Crippen LogP contribution in [-0.4, -0.2) is 30.3 Å². The van der Waals surface area contributed by atoms with E-state index in [1.807, 2.05) is 60.7 Å². The molecule has 7 heteroatoms. The molecular weight excluding hydrogens is 420 g/mol. The third-order valence-electron chi connectivity index (χ3n) is 5.25. The first-order chi connectivity index (χ1) is 16.2. The second-order valence-electron chi connectivity index (χ2n) is 7.32. The van der Waals surface area contributed by atoms with E-state index < -0.39 is 0 Å². The van der Waals surface area contributed by atoms with Gasteiger partial charge in [0.15, 0.2) is 6.61 Å². The lowest BCUT2D eigenvalue weighted by Gasteiger charge is -2.17. The van der Waals surface area contributed by atoms with Crippen LogP contribution in [0, 0.1) is 0 Å². The Morgan fingerprint density at radius 1 is 0.909 bits per heavy atom. The molecule has 4 aromatic rings. The molecule has 1 aromatic heterocycles. The number of carbonyl (C=O) groups excluding carboxylic acids is 1. The van der Waals surface area contributed by atoms with Crippen LogP contribution in [0.3, 0.4) is 0 Å². The molecule has 0 spiro atoms. The molecule has 33 heavy (non-hydrogen) atoms. The molecule has 0 aliphatic carbocycles. The molecule has 0 aliphatic rings. The summed E-state index contributed by atoms with van der Waals surface area (Å²) in [6.45, 7) is -0.111. The molecule has 4 rings (SSSR count). The number of methoxy groups -OCH3 is 2. The quantitative estimate of drug-likeness (QED) is 0.335. The Kier molecular flexibility index (Phi) is 6.99. The fraction of sp³-hybridized carbons (Fsp3) is 0.192. The Hall–Kier alpha value is -4.13. The number of carbonyl (C=O) groups is 1. The predicted octanol–water partition coefficient (Wildman–Crippen LogP) is 5.02. The SMILES string of the molecule is COc1ccc(-c2noc(COC(=O)CC(c3ccccc3)c3ccccc3)n2)c(OC)c1. The maximum atomic E-state index is 12.7. The molecule has 3 aromatic carbocycles. The van der Waals surface area contributed by atoms with Gasteiger partial charge in [-0.3, -0.25) is 4.79 Å². The number of benzene rings is 3. The Morgan fingerprint density at radius 2 is 1.58 bits per heavy atom. The maximum Gasteiger partial charge on any atom is 0.307 e. The van der Waals surface area contributed by atoms with Gasteiger partial charge in [-0.05, 0) is 23.3 Å². The standard InChI is InChI=1S/C26H24N2O5/c1-30-20-13-14-21(23(15-20)31-2)26-27-24(33-28-26)17-32-25(29)16-22(18-9-5-3-6-10-18)19-11-7-4-8-12-19/h3-15,22H,16-17H2,1-2H3. The summed E-state index contributed by atoms with van der Waals surface area (Å²) >= 11 is 0. The lowest BCUT2D eigenvalue weighted by atomic mass is 9.89. The van der Waals surface area contributed by atoms with Crippen LogP contribution in [0.5, 0.6) is 11.5 Å². The summed E-state index contributed by atoms with van der Waals surface area (Å²) in [6, 6.07) is 25.1. The molecule has 0 N–H and O–H groups in total. The van der Waals surface area contributed by atoms with E-state index in [0.717, 1.165) is 11.1 Å². The molecule has 1 heterocycles. The van der Waals surface area contributed by atoms with Crippen LogP contribution in [0.15, 0.2) is 83.4 Å². The number of nitrogens with zero attached hydrogens (tertiary/aromatic N) is 2. The van der Waals surface area contributed by atoms with Crippen LogP contribution in [-0.2, 0) is 16.1 Å². The number of ether oxygens (including phenoxy) is 3. The molecule has 0 bridgehead atoms. The van der Waals surface area contributed by atoms with Gasteiger partial charge in [0.2, 0.25) is 5.82 Å². The first kappa shape index (κ1) is 22.1. The van der Waals surface area contributed by atoms with Crippen molar-refractivity contribution >= 4 is 5.97 Å². The van der Waals surface area contributed by atoms with Gasteiger partial charge in [-0.25, -0.2) is 0 Å². The summed E-state index contributed by atoms with van der Waals surface area (Å²) in [7, 11) is 3.13. The first-order valence-corrected chi connectivity index (χ1v) is 10.5. The topological polar surface area (TPSA) is 83.7 Å². The predicted molar refractivity (Wildman–Crippen MR) is 122 cm³/mol. The van der Waals surface area contributed by atoms with Crippen molar-refractivity contribution in [2.75, 3.05) is 14.2 Å². The molecule has 7 nitrogen and oxygen atoms in total. The Bertz CT molecular complexity index is 1150. The molecule has 0 amide bonds. The van der Waals surface area contributed by atoms with Gasteiger partial charge in [0.05, 0.1) is 26.2 Å². The van der Waals surface area contributed by atoms with Crippen LogP contribution in [0.4, 0.5) is 0 Å². The summed E-state index contributed by atoms with van der Waals surface area (Å²) in [6.07, 6.45) is 0.196. The minimum atomic E-state index is -0.352. The van der Waals surface area contributed by atoms with E-state index in [4.69, 9.17) is 18.7 Å². The Balaban J connectivity index is 1.43. The van der Waals surface area contributed by atoms with E-state index >= 15 is 0 Å². The van der Waals surface area contributed by atoms with Crippen LogP contribution < -0.4 is 9.47 Å². The molecular formula is C26H24N2O5. The zero-order chi connectivity index (χ0) is 23.0. The van der Waals surface area contributed by atoms with Crippen molar-refractivity contribution in [3.8, 4) is 22.9 Å². The van der Waals surface area contributed by atoms with Crippen LogP contribution in [0.25, 0.3) is 11.4 Å². The highest BCUT2D eigenvalue weighted by Gasteiger charge is 2.20. The zero-order valence-corrected chi connectivity index (χ0v) is 18.4. The fourth-order valence-electron chi connectivity index (χ4n) is 3.57. The largest absolute Gasteiger partial charge is 0.497 e. The van der Waals surface area contributed by atoms with Gasteiger partial charge in [0, 0.05) is 12.0 Å². The number of hydrogen-bond donors (Lipinski definition) is 0. The van der Waals surface area contributed by atoms with Crippen LogP contribution >= 0.6 is 0 Å². The Morgan fingerprint density at radius 3 is 2.18 bits per heavy atom. The minimum absolute atomic E-state index is 0.110. The van der Waals surface area contributed by atoms with E-state index in [1.54, 1.807) is 32.4 Å². The van der Waals surface area contributed by atoms with Gasteiger partial charge in [0.25, 0.3) is 5.89 Å². The molecule has 168 valence electrons. The second-order valence-corrected chi connectivity index (χ2v) is 7.32. The lowest BCUT2D eigenvalue weighted by Crippen LogP contribution is -2.12. The molecule has 0 atom stereocenters. The van der Waals surface area contributed by atoms with Gasteiger partial charge >= 0.3 is 5.97 Å². The first-order valence-electron chi connectivity index (χ1n) is 10.5. The molecule has 0 radical (unpaired) electrons. The van der Waals surface area contributed by atoms with E-state index in [0.29, 0.717) is 22.9 Å². The van der Waals surface area contributed by atoms with Crippen molar-refractivity contribution in [3.05, 3.63) is 95.9 Å². The number of hydrogen-bond acceptors (Lipinski definition) is 7. The molecule has 0 unspecified atom stereocenters. The lowest BCUT2D eigenvalue weighted by molar-refractivity contribution is -0.146. The van der Waals surface area contributed by atoms with Crippen LogP contribution in [0.2, 0.25) is 0 Å². The monoisotopic (exact) mass is 444 g/mol. The summed E-state index contributed by atoms with van der Waals surface area (Å²) in [5.74, 6) is 1.28. The zero-order valence-electron chi connectivity index (χ0n) is 18.4. The van der Waals surface area contributed by atoms with Gasteiger partial charge in [-0.1, -0.05) is 65.8 Å². The van der Waals surface area contributed by atoms with Gasteiger partial charge < -0.3 is 18.7 Å². The molecule has 0 saturated heterocycles. The van der Waals surface area contributed by atoms with E-state index in [-0.39, 0.29) is 30.8 Å². The van der Waals surface area contributed by atoms with Crippen molar-refractivity contribution in [2.24, 2.45) is 0 Å². The summed E-state index contributed by atoms with van der Waals surface area (Å²) in [4.78, 5) is 17.0. The maximum absolute atomic E-state index is 12.7. The van der Waals surface area contributed by atoms with Gasteiger partial charge in [-0.15, -0.1) is 0 Å². The minimum Gasteiger partial charge on any atom is -0.497 e. The van der Waals surface area contributed by atoms with Crippen molar-refractivity contribution in [1.29, 1.82) is 0 Å². The third kappa shape index (κ3) is 5.38. The summed E-state index contributed by atoms with van der Waals surface area (Å²) in [5, 5.41) is 3.99. The normalized spacial score (nSPS) is 10.8. The summed E-state index contributed by atoms with van der Waals surface area (Å²) in [5.41, 5.74) is 2.74. The highest BCUT2D eigenvalue weighted by atomic mass is 16.6. The van der Waals surface area contributed by atoms with Gasteiger partial charge in [0.1, 0.15) is 11.5 Å². The second kappa shape index (κ2) is 10.5.